The van der Waals surface area contributed by atoms with Crippen molar-refractivity contribution in [2.75, 3.05) is 20.7 Å². The van der Waals surface area contributed by atoms with Crippen LogP contribution in [0.15, 0.2) is 16.8 Å². The quantitative estimate of drug-likeness (QED) is 0.725. The molecule has 0 spiro atoms. The molecule has 0 fully saturated rings. The van der Waals surface area contributed by atoms with Crippen LogP contribution in [0.1, 0.15) is 18.9 Å². The summed E-state index contributed by atoms with van der Waals surface area (Å²) in [6.45, 7) is 1.90. The van der Waals surface area contributed by atoms with E-state index in [4.69, 9.17) is 0 Å². The van der Waals surface area contributed by atoms with Gasteiger partial charge in [0, 0.05) is 19.6 Å². The van der Waals surface area contributed by atoms with E-state index in [0.717, 1.165) is 9.87 Å². The van der Waals surface area contributed by atoms with Gasteiger partial charge in [0.2, 0.25) is 0 Å². The number of nitrogens with zero attached hydrogens (tertiary/aromatic N) is 1. The highest BCUT2D eigenvalue weighted by Crippen LogP contribution is 2.09. The molecule has 0 aromatic carbocycles. The molecule has 1 aromatic rings. The van der Waals surface area contributed by atoms with E-state index < -0.39 is 16.2 Å². The SMILES string of the molecule is COC(=O)CCN(C)S(=O)(=O)NC(C)Cc1ccsc1. The topological polar surface area (TPSA) is 75.7 Å². The summed E-state index contributed by atoms with van der Waals surface area (Å²) in [5.41, 5.74) is 1.10. The molecule has 1 heterocycles. The zero-order valence-electron chi connectivity index (χ0n) is 11.8. The van der Waals surface area contributed by atoms with Gasteiger partial charge in [0.1, 0.15) is 0 Å². The maximum Gasteiger partial charge on any atom is 0.306 e. The van der Waals surface area contributed by atoms with E-state index in [2.05, 4.69) is 9.46 Å². The lowest BCUT2D eigenvalue weighted by Crippen LogP contribution is -2.44. The number of ether oxygens (including phenoxy) is 1. The maximum absolute atomic E-state index is 12.0. The van der Waals surface area contributed by atoms with Gasteiger partial charge in [-0.3, -0.25) is 4.79 Å². The van der Waals surface area contributed by atoms with Crippen LogP contribution in [0.2, 0.25) is 0 Å². The second-order valence-corrected chi connectivity index (χ2v) is 7.10. The van der Waals surface area contributed by atoms with Crippen LogP contribution in [0.3, 0.4) is 0 Å². The Morgan fingerprint density at radius 3 is 2.80 bits per heavy atom. The molecule has 0 saturated heterocycles. The molecule has 1 unspecified atom stereocenters. The number of hydrogen-bond donors (Lipinski definition) is 1. The molecule has 0 bridgehead atoms. The third-order valence-electron chi connectivity index (χ3n) is 2.74. The molecule has 0 radical (unpaired) electrons. The van der Waals surface area contributed by atoms with Gasteiger partial charge in [-0.1, -0.05) is 0 Å². The lowest BCUT2D eigenvalue weighted by molar-refractivity contribution is -0.140. The first-order chi connectivity index (χ1) is 9.35. The van der Waals surface area contributed by atoms with E-state index in [-0.39, 0.29) is 19.0 Å². The van der Waals surface area contributed by atoms with Crippen molar-refractivity contribution in [3.05, 3.63) is 22.4 Å². The van der Waals surface area contributed by atoms with E-state index in [1.54, 1.807) is 11.3 Å². The summed E-state index contributed by atoms with van der Waals surface area (Å²) >= 11 is 1.58. The molecular formula is C12H20N2O4S2. The summed E-state index contributed by atoms with van der Waals surface area (Å²) in [6, 6.07) is 1.76. The van der Waals surface area contributed by atoms with E-state index in [9.17, 15) is 13.2 Å². The number of hydrogen-bond acceptors (Lipinski definition) is 5. The van der Waals surface area contributed by atoms with Gasteiger partial charge in [0.25, 0.3) is 10.2 Å². The summed E-state index contributed by atoms with van der Waals surface area (Å²) in [5, 5.41) is 3.95. The highest BCUT2D eigenvalue weighted by Gasteiger charge is 2.21. The predicted octanol–water partition coefficient (Wildman–Crippen LogP) is 1.01. The predicted molar refractivity (Wildman–Crippen MR) is 78.8 cm³/mol. The van der Waals surface area contributed by atoms with Crippen LogP contribution in [-0.4, -0.2) is 45.4 Å². The Balaban J connectivity index is 2.48. The third-order valence-corrected chi connectivity index (χ3v) is 5.18. The number of methoxy groups -OCH3 is 1. The Labute approximate surface area is 123 Å². The monoisotopic (exact) mass is 320 g/mol. The Morgan fingerprint density at radius 1 is 1.55 bits per heavy atom. The Morgan fingerprint density at radius 2 is 2.25 bits per heavy atom. The third kappa shape index (κ3) is 5.58. The van der Waals surface area contributed by atoms with Crippen LogP contribution in [0.5, 0.6) is 0 Å². The Kier molecular flexibility index (Phi) is 6.60. The standard InChI is InChI=1S/C12H20N2O4S2/c1-10(8-11-5-7-19-9-11)13-20(16,17)14(2)6-4-12(15)18-3/h5,7,9-10,13H,4,6,8H2,1-3H3. The molecule has 0 aliphatic heterocycles. The van der Waals surface area contributed by atoms with Gasteiger partial charge >= 0.3 is 5.97 Å². The minimum absolute atomic E-state index is 0.0345. The van der Waals surface area contributed by atoms with E-state index >= 15 is 0 Å². The van der Waals surface area contributed by atoms with Gasteiger partial charge in [-0.05, 0) is 35.7 Å². The first-order valence-electron chi connectivity index (χ1n) is 6.16. The van der Waals surface area contributed by atoms with Crippen molar-refractivity contribution in [2.45, 2.75) is 25.8 Å². The smallest absolute Gasteiger partial charge is 0.306 e. The van der Waals surface area contributed by atoms with Crippen LogP contribution in [0.25, 0.3) is 0 Å². The van der Waals surface area contributed by atoms with Crippen LogP contribution in [0, 0.1) is 0 Å². The summed E-state index contributed by atoms with van der Waals surface area (Å²) in [4.78, 5) is 11.0. The minimum Gasteiger partial charge on any atom is -0.469 e. The Hall–Kier alpha value is -0.960. The Bertz CT molecular complexity index is 514. The second kappa shape index (κ2) is 7.72. The fraction of sp³-hybridized carbons (Fsp3) is 0.583. The zero-order chi connectivity index (χ0) is 15.2. The second-order valence-electron chi connectivity index (χ2n) is 4.51. The summed E-state index contributed by atoms with van der Waals surface area (Å²) < 4.78 is 32.3. The molecule has 0 aliphatic carbocycles. The van der Waals surface area contributed by atoms with Gasteiger partial charge in [0.05, 0.1) is 13.5 Å². The van der Waals surface area contributed by atoms with Gasteiger partial charge in [0.15, 0.2) is 0 Å². The zero-order valence-corrected chi connectivity index (χ0v) is 13.5. The highest BCUT2D eigenvalue weighted by molar-refractivity contribution is 7.87. The molecule has 114 valence electrons. The van der Waals surface area contributed by atoms with Gasteiger partial charge in [-0.25, -0.2) is 0 Å². The number of carbonyl (C=O) groups excluding carboxylic acids is 1. The summed E-state index contributed by atoms with van der Waals surface area (Å²) in [7, 11) is -0.879. The molecule has 6 nitrogen and oxygen atoms in total. The van der Waals surface area contributed by atoms with E-state index in [1.165, 1.54) is 14.2 Å². The lowest BCUT2D eigenvalue weighted by atomic mass is 10.1. The van der Waals surface area contributed by atoms with Crippen molar-refractivity contribution in [1.29, 1.82) is 0 Å². The average molecular weight is 320 g/mol. The molecule has 1 aromatic heterocycles. The van der Waals surface area contributed by atoms with E-state index in [0.29, 0.717) is 6.42 Å². The molecule has 1 N–H and O–H groups in total. The summed E-state index contributed by atoms with van der Waals surface area (Å²) in [5.74, 6) is -0.432. The van der Waals surface area contributed by atoms with E-state index in [1.807, 2.05) is 23.8 Å². The summed E-state index contributed by atoms with van der Waals surface area (Å²) in [6.07, 6.45) is 0.667. The number of nitrogens with one attached hydrogen (secondary N) is 1. The number of esters is 1. The maximum atomic E-state index is 12.0. The van der Waals surface area contributed by atoms with Crippen LogP contribution >= 0.6 is 11.3 Å². The van der Waals surface area contributed by atoms with Crippen molar-refractivity contribution < 1.29 is 17.9 Å². The molecule has 8 heteroatoms. The fourth-order valence-electron chi connectivity index (χ4n) is 1.62. The van der Waals surface area contributed by atoms with Crippen LogP contribution in [0.4, 0.5) is 0 Å². The van der Waals surface area contributed by atoms with Gasteiger partial charge in [-0.2, -0.15) is 28.8 Å². The number of thiophene rings is 1. The molecule has 0 aliphatic rings. The molecule has 20 heavy (non-hydrogen) atoms. The fourth-order valence-corrected chi connectivity index (χ4v) is 3.40. The molecule has 0 amide bonds. The first kappa shape index (κ1) is 17.1. The average Bonchev–Trinajstić information content (AvgIpc) is 2.87. The highest BCUT2D eigenvalue weighted by atomic mass is 32.2. The van der Waals surface area contributed by atoms with Gasteiger partial charge in [-0.15, -0.1) is 0 Å². The first-order valence-corrected chi connectivity index (χ1v) is 8.55. The van der Waals surface area contributed by atoms with Crippen molar-refractivity contribution in [1.82, 2.24) is 9.03 Å². The molecule has 1 atom stereocenters. The molecule has 0 saturated carbocycles. The minimum atomic E-state index is -3.59. The van der Waals surface area contributed by atoms with Crippen molar-refractivity contribution in [3.63, 3.8) is 0 Å². The van der Waals surface area contributed by atoms with Crippen molar-refractivity contribution in [2.24, 2.45) is 0 Å². The largest absolute Gasteiger partial charge is 0.469 e. The van der Waals surface area contributed by atoms with Crippen LogP contribution in [-0.2, 0) is 26.2 Å². The number of rotatable bonds is 8. The number of carbonyl (C=O) groups is 1. The molecular weight excluding hydrogens is 300 g/mol. The normalized spacial score (nSPS) is 13.4. The lowest BCUT2D eigenvalue weighted by Gasteiger charge is -2.20. The van der Waals surface area contributed by atoms with Crippen molar-refractivity contribution in [3.8, 4) is 0 Å². The van der Waals surface area contributed by atoms with Crippen LogP contribution < -0.4 is 4.72 Å². The van der Waals surface area contributed by atoms with Crippen molar-refractivity contribution >= 4 is 27.5 Å². The molecule has 1 rings (SSSR count). The van der Waals surface area contributed by atoms with Gasteiger partial charge < -0.3 is 4.74 Å².